The fourth-order valence-electron chi connectivity index (χ4n) is 3.33. The lowest BCUT2D eigenvalue weighted by Gasteiger charge is -2.25. The molecule has 1 atom stereocenters. The summed E-state index contributed by atoms with van der Waals surface area (Å²) in [5, 5.41) is 7.26. The fraction of sp³-hybridized carbons (Fsp3) is 0.421. The Balaban J connectivity index is 1.56. The van der Waals surface area contributed by atoms with Crippen molar-refractivity contribution in [2.75, 3.05) is 13.2 Å². The Morgan fingerprint density at radius 1 is 1.32 bits per heavy atom. The number of aryl methyl sites for hydroxylation is 1. The van der Waals surface area contributed by atoms with Crippen LogP contribution >= 0.6 is 0 Å². The lowest BCUT2D eigenvalue weighted by molar-refractivity contribution is -0.122. The van der Waals surface area contributed by atoms with E-state index in [-0.39, 0.29) is 24.2 Å². The number of rotatable bonds is 5. The molecule has 0 saturated heterocycles. The molecule has 3 rings (SSSR count). The summed E-state index contributed by atoms with van der Waals surface area (Å²) in [6.07, 6.45) is 0.894. The first-order valence-electron chi connectivity index (χ1n) is 8.48. The molecule has 6 heteroatoms. The molecule has 132 valence electrons. The SMILES string of the molecule is CC(=O)c1c(C)nn(CC(=O)NCC2COc3ccccc3C2)c1C. The smallest absolute Gasteiger partial charge is 0.241 e. The van der Waals surface area contributed by atoms with Gasteiger partial charge < -0.3 is 10.1 Å². The van der Waals surface area contributed by atoms with E-state index in [0.29, 0.717) is 24.4 Å². The minimum absolute atomic E-state index is 0.0281. The first-order valence-corrected chi connectivity index (χ1v) is 8.48. The minimum Gasteiger partial charge on any atom is -0.493 e. The number of aromatic nitrogens is 2. The Morgan fingerprint density at radius 2 is 2.08 bits per heavy atom. The summed E-state index contributed by atoms with van der Waals surface area (Å²) in [7, 11) is 0. The first-order chi connectivity index (χ1) is 12.0. The summed E-state index contributed by atoms with van der Waals surface area (Å²) in [4.78, 5) is 23.9. The zero-order chi connectivity index (χ0) is 18.0. The van der Waals surface area contributed by atoms with Crippen molar-refractivity contribution in [2.24, 2.45) is 5.92 Å². The molecule has 0 spiro atoms. The molecule has 1 aromatic carbocycles. The number of hydrogen-bond donors (Lipinski definition) is 1. The molecule has 0 bridgehead atoms. The van der Waals surface area contributed by atoms with Crippen LogP contribution in [-0.2, 0) is 17.8 Å². The first kappa shape index (κ1) is 17.2. The molecule has 25 heavy (non-hydrogen) atoms. The van der Waals surface area contributed by atoms with E-state index in [2.05, 4.69) is 16.5 Å². The Morgan fingerprint density at radius 3 is 2.80 bits per heavy atom. The van der Waals surface area contributed by atoms with E-state index in [9.17, 15) is 9.59 Å². The van der Waals surface area contributed by atoms with E-state index in [0.717, 1.165) is 17.9 Å². The number of amides is 1. The normalized spacial score (nSPS) is 16.0. The van der Waals surface area contributed by atoms with Gasteiger partial charge >= 0.3 is 0 Å². The summed E-state index contributed by atoms with van der Waals surface area (Å²) in [5.41, 5.74) is 3.17. The molecule has 0 aliphatic carbocycles. The number of nitrogens with one attached hydrogen (secondary N) is 1. The Bertz CT molecular complexity index is 810. The zero-order valence-corrected chi connectivity index (χ0v) is 14.8. The molecule has 2 aromatic rings. The number of para-hydroxylation sites is 1. The Hall–Kier alpha value is -2.63. The van der Waals surface area contributed by atoms with Crippen LogP contribution in [0, 0.1) is 19.8 Å². The second-order valence-corrected chi connectivity index (χ2v) is 6.55. The summed E-state index contributed by atoms with van der Waals surface area (Å²) < 4.78 is 7.34. The van der Waals surface area contributed by atoms with Crippen molar-refractivity contribution >= 4 is 11.7 Å². The van der Waals surface area contributed by atoms with E-state index in [1.54, 1.807) is 11.6 Å². The molecule has 6 nitrogen and oxygen atoms in total. The number of benzene rings is 1. The second kappa shape index (κ2) is 7.09. The van der Waals surface area contributed by atoms with Gasteiger partial charge in [-0.3, -0.25) is 14.3 Å². The number of carbonyl (C=O) groups is 2. The van der Waals surface area contributed by atoms with Gasteiger partial charge in [-0.25, -0.2) is 0 Å². The second-order valence-electron chi connectivity index (χ2n) is 6.55. The number of fused-ring (bicyclic) bond motifs is 1. The largest absolute Gasteiger partial charge is 0.493 e. The molecule has 0 radical (unpaired) electrons. The van der Waals surface area contributed by atoms with Gasteiger partial charge in [-0.1, -0.05) is 18.2 Å². The number of Topliss-reactive ketones (excluding diaryl/α,β-unsaturated/α-hetero) is 1. The van der Waals surface area contributed by atoms with Crippen molar-refractivity contribution in [3.63, 3.8) is 0 Å². The van der Waals surface area contributed by atoms with E-state index in [1.807, 2.05) is 25.1 Å². The highest BCUT2D eigenvalue weighted by molar-refractivity contribution is 5.96. The van der Waals surface area contributed by atoms with Gasteiger partial charge in [0.15, 0.2) is 5.78 Å². The average Bonchev–Trinajstić information content (AvgIpc) is 2.86. The van der Waals surface area contributed by atoms with Crippen LogP contribution in [0.15, 0.2) is 24.3 Å². The third-order valence-electron chi connectivity index (χ3n) is 4.57. The molecule has 0 fully saturated rings. The highest BCUT2D eigenvalue weighted by Gasteiger charge is 2.21. The van der Waals surface area contributed by atoms with Crippen molar-refractivity contribution in [3.8, 4) is 5.75 Å². The molecule has 0 saturated carbocycles. The average molecular weight is 341 g/mol. The van der Waals surface area contributed by atoms with Gasteiger partial charge in [0.25, 0.3) is 0 Å². The van der Waals surface area contributed by atoms with Gasteiger partial charge in [0.05, 0.1) is 17.9 Å². The number of ketones is 1. The monoisotopic (exact) mass is 341 g/mol. The van der Waals surface area contributed by atoms with E-state index in [4.69, 9.17) is 4.74 Å². The molecule has 1 aliphatic heterocycles. The summed E-state index contributed by atoms with van der Waals surface area (Å²) in [5.74, 6) is 1.05. The van der Waals surface area contributed by atoms with Gasteiger partial charge in [-0.05, 0) is 38.8 Å². The Kier molecular flexibility index (Phi) is 4.88. The third-order valence-corrected chi connectivity index (χ3v) is 4.57. The maximum absolute atomic E-state index is 12.2. The van der Waals surface area contributed by atoms with Crippen molar-refractivity contribution in [2.45, 2.75) is 33.7 Å². The van der Waals surface area contributed by atoms with E-state index in [1.165, 1.54) is 12.5 Å². The van der Waals surface area contributed by atoms with Crippen LogP contribution in [-0.4, -0.2) is 34.6 Å². The zero-order valence-electron chi connectivity index (χ0n) is 14.8. The summed E-state index contributed by atoms with van der Waals surface area (Å²) in [6.45, 7) is 6.40. The fourth-order valence-corrected chi connectivity index (χ4v) is 3.33. The Labute approximate surface area is 147 Å². The van der Waals surface area contributed by atoms with E-state index >= 15 is 0 Å². The van der Waals surface area contributed by atoms with Gasteiger partial charge in [-0.15, -0.1) is 0 Å². The van der Waals surface area contributed by atoms with Crippen LogP contribution in [0.5, 0.6) is 5.75 Å². The lowest BCUT2D eigenvalue weighted by atomic mass is 9.97. The molecule has 2 heterocycles. The molecule has 1 aliphatic rings. The number of ether oxygens (including phenoxy) is 1. The maximum atomic E-state index is 12.2. The topological polar surface area (TPSA) is 73.2 Å². The third kappa shape index (κ3) is 3.73. The standard InChI is InChI=1S/C19H23N3O3/c1-12-19(14(3)23)13(2)22(21-12)10-18(24)20-9-15-8-16-6-4-5-7-17(16)25-11-15/h4-7,15H,8-11H2,1-3H3,(H,20,24). The lowest BCUT2D eigenvalue weighted by Crippen LogP contribution is -2.36. The predicted octanol–water partition coefficient (Wildman–Crippen LogP) is 2.07. The van der Waals surface area contributed by atoms with Crippen LogP contribution in [0.4, 0.5) is 0 Å². The van der Waals surface area contributed by atoms with Crippen LogP contribution in [0.1, 0.15) is 34.2 Å². The number of nitrogens with zero attached hydrogens (tertiary/aromatic N) is 2. The van der Waals surface area contributed by atoms with Crippen molar-refractivity contribution < 1.29 is 14.3 Å². The molecule has 1 N–H and O–H groups in total. The molecule has 1 aromatic heterocycles. The van der Waals surface area contributed by atoms with Crippen molar-refractivity contribution in [1.29, 1.82) is 0 Å². The molecular weight excluding hydrogens is 318 g/mol. The maximum Gasteiger partial charge on any atom is 0.241 e. The van der Waals surface area contributed by atoms with Gasteiger partial charge in [-0.2, -0.15) is 5.10 Å². The van der Waals surface area contributed by atoms with Gasteiger partial charge in [0, 0.05) is 18.2 Å². The molecule has 1 unspecified atom stereocenters. The van der Waals surface area contributed by atoms with Gasteiger partial charge in [0.2, 0.25) is 5.91 Å². The number of carbonyl (C=O) groups excluding carboxylic acids is 2. The summed E-state index contributed by atoms with van der Waals surface area (Å²) >= 11 is 0. The van der Waals surface area contributed by atoms with E-state index < -0.39 is 0 Å². The van der Waals surface area contributed by atoms with Gasteiger partial charge in [0.1, 0.15) is 12.3 Å². The van der Waals surface area contributed by atoms with Crippen molar-refractivity contribution in [3.05, 3.63) is 46.8 Å². The highest BCUT2D eigenvalue weighted by Crippen LogP contribution is 2.26. The minimum atomic E-state index is -0.112. The predicted molar refractivity (Wildman–Crippen MR) is 93.8 cm³/mol. The van der Waals surface area contributed by atoms with Crippen molar-refractivity contribution in [1.82, 2.24) is 15.1 Å². The summed E-state index contributed by atoms with van der Waals surface area (Å²) in [6, 6.07) is 7.99. The van der Waals surface area contributed by atoms with Crippen LogP contribution < -0.4 is 10.1 Å². The van der Waals surface area contributed by atoms with Crippen LogP contribution in [0.3, 0.4) is 0 Å². The number of hydrogen-bond acceptors (Lipinski definition) is 4. The highest BCUT2D eigenvalue weighted by atomic mass is 16.5. The molecular formula is C19H23N3O3. The quantitative estimate of drug-likeness (QED) is 0.845. The van der Waals surface area contributed by atoms with Crippen LogP contribution in [0.2, 0.25) is 0 Å². The molecule has 1 amide bonds. The van der Waals surface area contributed by atoms with Crippen LogP contribution in [0.25, 0.3) is 0 Å².